The second-order valence-electron chi connectivity index (χ2n) is 5.45. The predicted octanol–water partition coefficient (Wildman–Crippen LogP) is 0.852. The third-order valence-corrected chi connectivity index (χ3v) is 4.13. The topological polar surface area (TPSA) is 86.8 Å². The molecule has 0 fully saturated rings. The van der Waals surface area contributed by atoms with Gasteiger partial charge in [0.1, 0.15) is 5.75 Å². The normalized spacial score (nSPS) is 10.7. The fourth-order valence-electron chi connectivity index (χ4n) is 2.42. The second kappa shape index (κ2) is 9.36. The van der Waals surface area contributed by atoms with Gasteiger partial charge in [-0.25, -0.2) is 0 Å². The molecule has 0 aliphatic carbocycles. The summed E-state index contributed by atoms with van der Waals surface area (Å²) < 4.78 is 10.2. The number of ether oxygens (including phenoxy) is 2. The number of nitrogens with zero attached hydrogens (tertiary/aromatic N) is 1. The number of aliphatic hydroxyl groups excluding tert-OH is 1. The number of thiocarbonyl (C=S) groups is 1. The smallest absolute Gasteiger partial charge is 0.253 e. The highest BCUT2D eigenvalue weighted by Crippen LogP contribution is 2.18. The van der Waals surface area contributed by atoms with Crippen molar-refractivity contribution in [3.8, 4) is 5.75 Å². The van der Waals surface area contributed by atoms with Crippen LogP contribution >= 0.6 is 12.2 Å². The predicted molar refractivity (Wildman–Crippen MR) is 101 cm³/mol. The molecule has 0 spiro atoms. The number of rotatable bonds is 8. The second-order valence-corrected chi connectivity index (χ2v) is 5.83. The fraction of sp³-hybridized carbons (Fsp3) is 0.412. The lowest BCUT2D eigenvalue weighted by Crippen LogP contribution is -2.42. The van der Waals surface area contributed by atoms with Crippen LogP contribution in [0.3, 0.4) is 0 Å². The molecule has 2 rings (SSSR count). The van der Waals surface area contributed by atoms with Gasteiger partial charge in [-0.15, -0.1) is 0 Å². The molecule has 1 aromatic heterocycles. The molecule has 136 valence electrons. The van der Waals surface area contributed by atoms with Crippen molar-refractivity contribution in [1.82, 2.24) is 15.2 Å². The van der Waals surface area contributed by atoms with Crippen molar-refractivity contribution in [2.45, 2.75) is 6.54 Å². The number of benzene rings is 1. The van der Waals surface area contributed by atoms with Crippen molar-refractivity contribution in [2.75, 3.05) is 40.5 Å². The minimum Gasteiger partial charge on any atom is -0.497 e. The molecule has 0 saturated carbocycles. The molecule has 0 aliphatic heterocycles. The molecular formula is C17H23N3O4S. The molecule has 3 N–H and O–H groups in total. The maximum atomic E-state index is 12.4. The van der Waals surface area contributed by atoms with Gasteiger partial charge < -0.3 is 29.8 Å². The average molecular weight is 365 g/mol. The molecule has 0 amide bonds. The summed E-state index contributed by atoms with van der Waals surface area (Å²) in [5.41, 5.74) is 1.09. The van der Waals surface area contributed by atoms with Crippen molar-refractivity contribution in [1.29, 1.82) is 0 Å². The molecule has 1 aromatic carbocycles. The van der Waals surface area contributed by atoms with Crippen LogP contribution in [0.15, 0.2) is 29.1 Å². The van der Waals surface area contributed by atoms with E-state index in [4.69, 9.17) is 21.7 Å². The zero-order valence-corrected chi connectivity index (χ0v) is 15.2. The van der Waals surface area contributed by atoms with Crippen molar-refractivity contribution in [2.24, 2.45) is 0 Å². The van der Waals surface area contributed by atoms with Gasteiger partial charge in [0.15, 0.2) is 5.11 Å². The lowest BCUT2D eigenvalue weighted by atomic mass is 10.1. The Hall–Kier alpha value is -2.16. The summed E-state index contributed by atoms with van der Waals surface area (Å²) in [5, 5.41) is 13.7. The van der Waals surface area contributed by atoms with Crippen LogP contribution < -0.4 is 15.6 Å². The molecular weight excluding hydrogens is 342 g/mol. The third kappa shape index (κ3) is 5.15. The van der Waals surface area contributed by atoms with Gasteiger partial charge in [-0.1, -0.05) is 0 Å². The Kier molecular flexibility index (Phi) is 7.17. The lowest BCUT2D eigenvalue weighted by Gasteiger charge is -2.25. The average Bonchev–Trinajstić information content (AvgIpc) is 2.61. The first-order valence-electron chi connectivity index (χ1n) is 7.91. The first-order chi connectivity index (χ1) is 12.1. The molecule has 0 atom stereocenters. The highest BCUT2D eigenvalue weighted by atomic mass is 32.1. The van der Waals surface area contributed by atoms with E-state index in [2.05, 4.69) is 10.3 Å². The largest absolute Gasteiger partial charge is 0.497 e. The van der Waals surface area contributed by atoms with E-state index in [0.29, 0.717) is 48.2 Å². The van der Waals surface area contributed by atoms with Gasteiger partial charge in [0.2, 0.25) is 0 Å². The third-order valence-electron chi connectivity index (χ3n) is 3.73. The zero-order chi connectivity index (χ0) is 18.2. The van der Waals surface area contributed by atoms with Gasteiger partial charge >= 0.3 is 0 Å². The van der Waals surface area contributed by atoms with E-state index in [-0.39, 0.29) is 12.2 Å². The van der Waals surface area contributed by atoms with Gasteiger partial charge in [-0.3, -0.25) is 4.79 Å². The van der Waals surface area contributed by atoms with Crippen LogP contribution in [0, 0.1) is 0 Å². The number of nitrogens with one attached hydrogen (secondary N) is 2. The Morgan fingerprint density at radius 3 is 2.84 bits per heavy atom. The molecule has 0 saturated heterocycles. The van der Waals surface area contributed by atoms with E-state index in [0.717, 1.165) is 5.39 Å². The molecule has 0 radical (unpaired) electrons. The van der Waals surface area contributed by atoms with Crippen LogP contribution in [0.4, 0.5) is 0 Å². The minimum atomic E-state index is -0.191. The standard InChI is InChI=1S/C17H23N3O4S/c1-23-8-5-18-17(25)20(6-7-21)11-13-9-12-3-4-14(24-2)10-15(12)19-16(13)22/h3-4,9-10,21H,5-8,11H2,1-2H3,(H,18,25)(H,19,22). The highest BCUT2D eigenvalue weighted by molar-refractivity contribution is 7.80. The molecule has 0 aliphatic rings. The SMILES string of the molecule is COCCNC(=S)N(CCO)Cc1cc2ccc(OC)cc2[nH]c1=O. The first-order valence-corrected chi connectivity index (χ1v) is 8.32. The van der Waals surface area contributed by atoms with E-state index >= 15 is 0 Å². The molecule has 8 heteroatoms. The molecule has 25 heavy (non-hydrogen) atoms. The van der Waals surface area contributed by atoms with E-state index in [1.807, 2.05) is 18.2 Å². The highest BCUT2D eigenvalue weighted by Gasteiger charge is 2.13. The summed E-state index contributed by atoms with van der Waals surface area (Å²) in [5.74, 6) is 0.682. The molecule has 7 nitrogen and oxygen atoms in total. The lowest BCUT2D eigenvalue weighted by molar-refractivity contribution is 0.201. The minimum absolute atomic E-state index is 0.0607. The molecule has 0 bridgehead atoms. The van der Waals surface area contributed by atoms with Crippen LogP contribution in [0.2, 0.25) is 0 Å². The summed E-state index contributed by atoms with van der Waals surface area (Å²) in [6.07, 6.45) is 0. The number of aliphatic hydroxyl groups is 1. The summed E-state index contributed by atoms with van der Waals surface area (Å²) in [6, 6.07) is 7.34. The summed E-state index contributed by atoms with van der Waals surface area (Å²) in [4.78, 5) is 17.0. The number of hydrogen-bond donors (Lipinski definition) is 3. The number of aromatic amines is 1. The van der Waals surface area contributed by atoms with E-state index in [9.17, 15) is 9.90 Å². The fourth-order valence-corrected chi connectivity index (χ4v) is 2.68. The van der Waals surface area contributed by atoms with Gasteiger partial charge in [-0.2, -0.15) is 0 Å². The van der Waals surface area contributed by atoms with Crippen molar-refractivity contribution in [3.63, 3.8) is 0 Å². The van der Waals surface area contributed by atoms with Crippen molar-refractivity contribution in [3.05, 3.63) is 40.2 Å². The van der Waals surface area contributed by atoms with Crippen LogP contribution in [0.1, 0.15) is 5.56 Å². The Morgan fingerprint density at radius 2 is 2.16 bits per heavy atom. The van der Waals surface area contributed by atoms with Crippen LogP contribution in [-0.2, 0) is 11.3 Å². The quantitative estimate of drug-likeness (QED) is 0.472. The Labute approximate surface area is 151 Å². The summed E-state index contributed by atoms with van der Waals surface area (Å²) >= 11 is 5.34. The van der Waals surface area contributed by atoms with Crippen LogP contribution in [0.5, 0.6) is 5.75 Å². The van der Waals surface area contributed by atoms with E-state index in [1.54, 1.807) is 25.2 Å². The van der Waals surface area contributed by atoms with Crippen LogP contribution in [-0.4, -0.2) is 60.6 Å². The van der Waals surface area contributed by atoms with E-state index in [1.165, 1.54) is 0 Å². The Morgan fingerprint density at radius 1 is 1.36 bits per heavy atom. The molecule has 1 heterocycles. The van der Waals surface area contributed by atoms with Crippen LogP contribution in [0.25, 0.3) is 10.9 Å². The number of methoxy groups -OCH3 is 2. The first kappa shape index (κ1) is 19.2. The number of pyridine rings is 1. The van der Waals surface area contributed by atoms with Gasteiger partial charge in [0.05, 0.1) is 32.4 Å². The molecule has 0 unspecified atom stereocenters. The van der Waals surface area contributed by atoms with Gasteiger partial charge in [0.25, 0.3) is 5.56 Å². The van der Waals surface area contributed by atoms with Crippen molar-refractivity contribution >= 4 is 28.2 Å². The number of H-pyrrole nitrogens is 1. The van der Waals surface area contributed by atoms with Gasteiger partial charge in [-0.05, 0) is 35.8 Å². The van der Waals surface area contributed by atoms with Gasteiger partial charge in [0, 0.05) is 31.8 Å². The summed E-state index contributed by atoms with van der Waals surface area (Å²) in [6.45, 7) is 1.65. The number of fused-ring (bicyclic) bond motifs is 1. The summed E-state index contributed by atoms with van der Waals surface area (Å²) in [7, 11) is 3.19. The number of hydrogen-bond acceptors (Lipinski definition) is 5. The van der Waals surface area contributed by atoms with E-state index < -0.39 is 0 Å². The Bertz CT molecular complexity index is 778. The number of aromatic nitrogens is 1. The van der Waals surface area contributed by atoms with Crippen molar-refractivity contribution < 1.29 is 14.6 Å². The zero-order valence-electron chi connectivity index (χ0n) is 14.4. The molecule has 2 aromatic rings. The maximum absolute atomic E-state index is 12.4. The maximum Gasteiger partial charge on any atom is 0.253 e. The monoisotopic (exact) mass is 365 g/mol. The Balaban J connectivity index is 2.21.